The molecule has 150 valence electrons. The molecule has 1 aromatic carbocycles. The molecule has 3 atom stereocenters. The number of nitrogens with one attached hydrogen (secondary N) is 2. The van der Waals surface area contributed by atoms with Gasteiger partial charge >= 0.3 is 0 Å². The van der Waals surface area contributed by atoms with Crippen molar-refractivity contribution in [2.45, 2.75) is 51.9 Å². The zero-order valence-corrected chi connectivity index (χ0v) is 16.1. The summed E-state index contributed by atoms with van der Waals surface area (Å²) in [5.74, 6) is -1.60. The third-order valence-electron chi connectivity index (χ3n) is 4.22. The number of aliphatic hydroxyl groups is 1. The Morgan fingerprint density at radius 1 is 1.07 bits per heavy atom. The summed E-state index contributed by atoms with van der Waals surface area (Å²) in [6.07, 6.45) is -0.883. The van der Waals surface area contributed by atoms with E-state index in [1.54, 1.807) is 38.1 Å². The van der Waals surface area contributed by atoms with Crippen LogP contribution in [0.2, 0.25) is 0 Å². The Balaban J connectivity index is 2.95. The summed E-state index contributed by atoms with van der Waals surface area (Å²) in [5, 5.41) is 15.1. The van der Waals surface area contributed by atoms with Crippen molar-refractivity contribution in [3.05, 3.63) is 35.4 Å². The molecule has 1 unspecified atom stereocenters. The van der Waals surface area contributed by atoms with Gasteiger partial charge < -0.3 is 27.2 Å². The molecule has 0 bridgehead atoms. The Labute approximate surface area is 159 Å². The number of hydrogen-bond donors (Lipinski definition) is 5. The van der Waals surface area contributed by atoms with Crippen LogP contribution in [0.25, 0.3) is 0 Å². The van der Waals surface area contributed by atoms with Gasteiger partial charge in [0.2, 0.25) is 5.91 Å². The lowest BCUT2D eigenvalue weighted by Crippen LogP contribution is -2.56. The van der Waals surface area contributed by atoms with Crippen LogP contribution in [0, 0.1) is 5.92 Å². The molecule has 8 heteroatoms. The molecular weight excluding hydrogens is 348 g/mol. The lowest BCUT2D eigenvalue weighted by molar-refractivity contribution is -0.131. The molecule has 27 heavy (non-hydrogen) atoms. The highest BCUT2D eigenvalue weighted by Crippen LogP contribution is 2.09. The molecule has 8 nitrogen and oxygen atoms in total. The first-order valence-corrected chi connectivity index (χ1v) is 9.03. The van der Waals surface area contributed by atoms with Crippen molar-refractivity contribution in [2.75, 3.05) is 6.54 Å². The molecule has 0 fully saturated rings. The van der Waals surface area contributed by atoms with E-state index in [1.165, 1.54) is 6.92 Å². The Morgan fingerprint density at radius 2 is 1.70 bits per heavy atom. The minimum atomic E-state index is -1.22. The van der Waals surface area contributed by atoms with E-state index in [4.69, 9.17) is 11.5 Å². The molecule has 7 N–H and O–H groups in total. The third kappa shape index (κ3) is 6.42. The average Bonchev–Trinajstić information content (AvgIpc) is 2.64. The molecule has 0 aromatic heterocycles. The number of aliphatic hydroxyl groups excluding tert-OH is 1. The highest BCUT2D eigenvalue weighted by molar-refractivity contribution is 5.99. The quantitative estimate of drug-likeness (QED) is 0.377. The van der Waals surface area contributed by atoms with Gasteiger partial charge in [-0.25, -0.2) is 0 Å². The van der Waals surface area contributed by atoms with Crippen molar-refractivity contribution in [3.63, 3.8) is 0 Å². The largest absolute Gasteiger partial charge is 0.391 e. The lowest BCUT2D eigenvalue weighted by atomic mass is 9.98. The predicted octanol–water partition coefficient (Wildman–Crippen LogP) is -0.317. The Bertz CT molecular complexity index is 661. The summed E-state index contributed by atoms with van der Waals surface area (Å²) >= 11 is 0. The molecule has 1 aromatic rings. The minimum absolute atomic E-state index is 0.155. The van der Waals surface area contributed by atoms with Gasteiger partial charge in [-0.05, 0) is 31.5 Å². The van der Waals surface area contributed by atoms with Crippen LogP contribution in [-0.2, 0) is 16.1 Å². The number of Topliss-reactive ketones (excluding diaryl/α,β-unsaturated/α-hetero) is 1. The van der Waals surface area contributed by atoms with Crippen molar-refractivity contribution in [1.82, 2.24) is 10.6 Å². The topological polar surface area (TPSA) is 148 Å². The second kappa shape index (κ2) is 10.8. The van der Waals surface area contributed by atoms with Crippen LogP contribution in [-0.4, -0.2) is 47.4 Å². The van der Waals surface area contributed by atoms with E-state index in [0.717, 1.165) is 0 Å². The monoisotopic (exact) mass is 378 g/mol. The van der Waals surface area contributed by atoms with Crippen LogP contribution in [0.5, 0.6) is 0 Å². The Hall–Kier alpha value is -2.29. The molecule has 0 aliphatic heterocycles. The molecule has 0 spiro atoms. The van der Waals surface area contributed by atoms with Gasteiger partial charge in [0, 0.05) is 18.0 Å². The fourth-order valence-electron chi connectivity index (χ4n) is 2.66. The number of nitrogens with two attached hydrogens (primary N) is 2. The van der Waals surface area contributed by atoms with Crippen LogP contribution in [0.1, 0.15) is 43.1 Å². The second-order valence-electron chi connectivity index (χ2n) is 6.75. The summed E-state index contributed by atoms with van der Waals surface area (Å²) in [6, 6.07) is 4.76. The molecule has 0 radical (unpaired) electrons. The third-order valence-corrected chi connectivity index (χ3v) is 4.22. The number of benzene rings is 1. The van der Waals surface area contributed by atoms with Gasteiger partial charge in [-0.1, -0.05) is 32.0 Å². The van der Waals surface area contributed by atoms with Gasteiger partial charge in [0.15, 0.2) is 5.78 Å². The molecule has 0 heterocycles. The molecule has 0 aliphatic carbocycles. The van der Waals surface area contributed by atoms with E-state index in [2.05, 4.69) is 10.6 Å². The number of hydrogen-bond acceptors (Lipinski definition) is 6. The van der Waals surface area contributed by atoms with E-state index < -0.39 is 30.0 Å². The van der Waals surface area contributed by atoms with Crippen molar-refractivity contribution in [3.8, 4) is 0 Å². The van der Waals surface area contributed by atoms with E-state index in [1.807, 2.05) is 0 Å². The first kappa shape index (κ1) is 22.8. The number of carbonyl (C=O) groups is 3. The zero-order chi connectivity index (χ0) is 20.6. The number of carbonyl (C=O) groups excluding carboxylic acids is 3. The summed E-state index contributed by atoms with van der Waals surface area (Å²) < 4.78 is 0. The fraction of sp³-hybridized carbons (Fsp3) is 0.526. The lowest BCUT2D eigenvalue weighted by Gasteiger charge is -2.25. The van der Waals surface area contributed by atoms with Gasteiger partial charge in [0.05, 0.1) is 12.1 Å². The Morgan fingerprint density at radius 3 is 2.22 bits per heavy atom. The summed E-state index contributed by atoms with van der Waals surface area (Å²) in [7, 11) is 0. The predicted molar refractivity (Wildman–Crippen MR) is 103 cm³/mol. The SMILES string of the molecule is CC(C)C(=O)[C@H](CCN)NC(=O)[C@@H](NC(=O)c1ccccc1CN)C(C)O. The maximum Gasteiger partial charge on any atom is 0.252 e. The second-order valence-corrected chi connectivity index (χ2v) is 6.75. The summed E-state index contributed by atoms with van der Waals surface area (Å²) in [5.41, 5.74) is 12.1. The first-order valence-electron chi connectivity index (χ1n) is 9.03. The molecule has 0 saturated heterocycles. The van der Waals surface area contributed by atoms with Crippen LogP contribution < -0.4 is 22.1 Å². The number of rotatable bonds is 10. The van der Waals surface area contributed by atoms with E-state index >= 15 is 0 Å². The average molecular weight is 378 g/mol. The van der Waals surface area contributed by atoms with Crippen LogP contribution in [0.4, 0.5) is 0 Å². The summed E-state index contributed by atoms with van der Waals surface area (Å²) in [4.78, 5) is 37.4. The Kier molecular flexibility index (Phi) is 9.07. The molecule has 0 saturated carbocycles. The van der Waals surface area contributed by atoms with Gasteiger partial charge in [0.1, 0.15) is 6.04 Å². The van der Waals surface area contributed by atoms with Crippen LogP contribution in [0.3, 0.4) is 0 Å². The fourth-order valence-corrected chi connectivity index (χ4v) is 2.66. The van der Waals surface area contributed by atoms with Crippen molar-refractivity contribution >= 4 is 17.6 Å². The van der Waals surface area contributed by atoms with Crippen LogP contribution in [0.15, 0.2) is 24.3 Å². The van der Waals surface area contributed by atoms with Gasteiger partial charge in [0.25, 0.3) is 5.91 Å². The molecule has 2 amide bonds. The molecular formula is C19H30N4O4. The zero-order valence-electron chi connectivity index (χ0n) is 16.1. The number of ketones is 1. The van der Waals surface area contributed by atoms with Gasteiger partial charge in [-0.15, -0.1) is 0 Å². The van der Waals surface area contributed by atoms with Gasteiger partial charge in [-0.2, -0.15) is 0 Å². The smallest absolute Gasteiger partial charge is 0.252 e. The van der Waals surface area contributed by atoms with Crippen molar-refractivity contribution < 1.29 is 19.5 Å². The van der Waals surface area contributed by atoms with E-state index in [0.29, 0.717) is 11.1 Å². The molecule has 1 rings (SSSR count). The number of amides is 2. The van der Waals surface area contributed by atoms with E-state index in [9.17, 15) is 19.5 Å². The standard InChI is InChI=1S/C19H30N4O4/c1-11(2)17(25)15(8-9-20)22-19(27)16(12(3)24)23-18(26)14-7-5-4-6-13(14)10-21/h4-7,11-12,15-16,24H,8-10,20-21H2,1-3H3,(H,22,27)(H,23,26)/t12?,15-,16-/m0/s1. The highest BCUT2D eigenvalue weighted by atomic mass is 16.3. The van der Waals surface area contributed by atoms with Crippen molar-refractivity contribution in [2.24, 2.45) is 17.4 Å². The maximum atomic E-state index is 12.6. The first-order chi connectivity index (χ1) is 12.7. The van der Waals surface area contributed by atoms with Gasteiger partial charge in [-0.3, -0.25) is 14.4 Å². The minimum Gasteiger partial charge on any atom is -0.391 e. The van der Waals surface area contributed by atoms with Crippen molar-refractivity contribution in [1.29, 1.82) is 0 Å². The van der Waals surface area contributed by atoms with E-state index in [-0.39, 0.29) is 31.2 Å². The summed E-state index contributed by atoms with van der Waals surface area (Å²) in [6.45, 7) is 5.24. The van der Waals surface area contributed by atoms with Crippen LogP contribution >= 0.6 is 0 Å². The highest BCUT2D eigenvalue weighted by Gasteiger charge is 2.30. The molecule has 0 aliphatic rings. The maximum absolute atomic E-state index is 12.6. The normalized spacial score (nSPS) is 14.3.